The molecule has 31 heavy (non-hydrogen) atoms. The van der Waals surface area contributed by atoms with Gasteiger partial charge in [0, 0.05) is 6.61 Å². The Morgan fingerprint density at radius 2 is 1.29 bits per heavy atom. The molecule has 1 N–H and O–H groups in total. The number of aliphatic hydroxyl groups excluding tert-OH is 1. The van der Waals surface area contributed by atoms with Crippen molar-refractivity contribution in [3.8, 4) is 5.75 Å². The SMILES string of the molecule is CCCCCC1CCC(c2ccc(OCCCCCCCCCCCCO)cc2)CC1. The van der Waals surface area contributed by atoms with Crippen molar-refractivity contribution in [2.24, 2.45) is 5.92 Å². The van der Waals surface area contributed by atoms with Crippen LogP contribution in [0.1, 0.15) is 134 Å². The molecule has 0 saturated heterocycles. The third kappa shape index (κ3) is 12.0. The van der Waals surface area contributed by atoms with E-state index in [9.17, 15) is 0 Å². The van der Waals surface area contributed by atoms with Crippen molar-refractivity contribution in [3.63, 3.8) is 0 Å². The van der Waals surface area contributed by atoms with Crippen LogP contribution in [0.25, 0.3) is 0 Å². The molecule has 1 aliphatic carbocycles. The lowest BCUT2D eigenvalue weighted by molar-refractivity contribution is 0.282. The molecule has 2 nitrogen and oxygen atoms in total. The first-order chi connectivity index (χ1) is 15.3. The fraction of sp³-hybridized carbons (Fsp3) is 0.793. The predicted octanol–water partition coefficient (Wildman–Crippen LogP) is 8.81. The van der Waals surface area contributed by atoms with E-state index in [1.165, 1.54) is 115 Å². The molecule has 1 aromatic rings. The molecule has 0 heterocycles. The Bertz CT molecular complexity index is 516. The van der Waals surface area contributed by atoms with E-state index in [2.05, 4.69) is 31.2 Å². The fourth-order valence-corrected chi connectivity index (χ4v) is 5.12. The van der Waals surface area contributed by atoms with Crippen LogP contribution in [0.2, 0.25) is 0 Å². The zero-order valence-corrected chi connectivity index (χ0v) is 20.5. The van der Waals surface area contributed by atoms with E-state index >= 15 is 0 Å². The average molecular weight is 431 g/mol. The fourth-order valence-electron chi connectivity index (χ4n) is 5.12. The monoisotopic (exact) mass is 430 g/mol. The van der Waals surface area contributed by atoms with Gasteiger partial charge >= 0.3 is 0 Å². The van der Waals surface area contributed by atoms with Crippen LogP contribution in [-0.4, -0.2) is 18.3 Å². The van der Waals surface area contributed by atoms with Gasteiger partial charge in [-0.15, -0.1) is 0 Å². The minimum Gasteiger partial charge on any atom is -0.494 e. The van der Waals surface area contributed by atoms with Crippen LogP contribution in [0.15, 0.2) is 24.3 Å². The Labute approximate surface area is 193 Å². The molecule has 0 atom stereocenters. The van der Waals surface area contributed by atoms with Crippen molar-refractivity contribution in [1.82, 2.24) is 0 Å². The van der Waals surface area contributed by atoms with Crippen molar-refractivity contribution < 1.29 is 9.84 Å². The summed E-state index contributed by atoms with van der Waals surface area (Å²) >= 11 is 0. The summed E-state index contributed by atoms with van der Waals surface area (Å²) in [5, 5.41) is 8.77. The van der Waals surface area contributed by atoms with Gasteiger partial charge in [0.15, 0.2) is 0 Å². The third-order valence-electron chi connectivity index (χ3n) is 7.24. The summed E-state index contributed by atoms with van der Waals surface area (Å²) in [6.45, 7) is 3.51. The lowest BCUT2D eigenvalue weighted by Gasteiger charge is -2.29. The Morgan fingerprint density at radius 1 is 0.710 bits per heavy atom. The molecule has 1 saturated carbocycles. The number of aliphatic hydroxyl groups is 1. The second kappa shape index (κ2) is 17.5. The van der Waals surface area contributed by atoms with Crippen LogP contribution in [0.5, 0.6) is 5.75 Å². The highest BCUT2D eigenvalue weighted by Gasteiger charge is 2.21. The van der Waals surface area contributed by atoms with Gasteiger partial charge in [-0.1, -0.05) is 96.1 Å². The molecule has 0 unspecified atom stereocenters. The number of benzene rings is 1. The molecule has 178 valence electrons. The van der Waals surface area contributed by atoms with Crippen LogP contribution in [-0.2, 0) is 0 Å². The van der Waals surface area contributed by atoms with Gasteiger partial charge in [-0.3, -0.25) is 0 Å². The molecule has 1 aromatic carbocycles. The maximum atomic E-state index is 8.77. The van der Waals surface area contributed by atoms with Crippen molar-refractivity contribution in [1.29, 1.82) is 0 Å². The molecule has 0 aromatic heterocycles. The summed E-state index contributed by atoms with van der Waals surface area (Å²) in [4.78, 5) is 0. The minimum atomic E-state index is 0.354. The highest BCUT2D eigenvalue weighted by molar-refractivity contribution is 5.29. The van der Waals surface area contributed by atoms with Gasteiger partial charge in [-0.25, -0.2) is 0 Å². The number of rotatable bonds is 18. The first-order valence-electron chi connectivity index (χ1n) is 13.7. The summed E-state index contributed by atoms with van der Waals surface area (Å²) in [7, 11) is 0. The van der Waals surface area contributed by atoms with Crippen molar-refractivity contribution >= 4 is 0 Å². The van der Waals surface area contributed by atoms with Crippen molar-refractivity contribution in [2.75, 3.05) is 13.2 Å². The summed E-state index contributed by atoms with van der Waals surface area (Å²) in [5.74, 6) is 2.80. The smallest absolute Gasteiger partial charge is 0.119 e. The van der Waals surface area contributed by atoms with Gasteiger partial charge in [0.25, 0.3) is 0 Å². The highest BCUT2D eigenvalue weighted by Crippen LogP contribution is 2.38. The second-order valence-electron chi connectivity index (χ2n) is 9.89. The molecule has 1 aliphatic rings. The number of unbranched alkanes of at least 4 members (excludes halogenated alkanes) is 11. The molecule has 0 bridgehead atoms. The minimum absolute atomic E-state index is 0.354. The van der Waals surface area contributed by atoms with Crippen LogP contribution in [0.4, 0.5) is 0 Å². The lowest BCUT2D eigenvalue weighted by atomic mass is 9.77. The largest absolute Gasteiger partial charge is 0.494 e. The van der Waals surface area contributed by atoms with E-state index in [1.807, 2.05) is 0 Å². The zero-order valence-electron chi connectivity index (χ0n) is 20.5. The summed E-state index contributed by atoms with van der Waals surface area (Å²) in [5.41, 5.74) is 1.52. The van der Waals surface area contributed by atoms with Crippen molar-refractivity contribution in [2.45, 2.75) is 128 Å². The van der Waals surface area contributed by atoms with Gasteiger partial charge in [0.2, 0.25) is 0 Å². The summed E-state index contributed by atoms with van der Waals surface area (Å²) < 4.78 is 5.98. The summed E-state index contributed by atoms with van der Waals surface area (Å²) in [6.07, 6.45) is 23.9. The number of hydrogen-bond acceptors (Lipinski definition) is 2. The molecule has 0 spiro atoms. The van der Waals surface area contributed by atoms with E-state index in [1.54, 1.807) is 0 Å². The van der Waals surface area contributed by atoms with Gasteiger partial charge < -0.3 is 9.84 Å². The van der Waals surface area contributed by atoms with Gasteiger partial charge in [-0.2, -0.15) is 0 Å². The Kier molecular flexibility index (Phi) is 14.8. The molecule has 1 fully saturated rings. The quantitative estimate of drug-likeness (QED) is 0.236. The second-order valence-corrected chi connectivity index (χ2v) is 9.89. The maximum Gasteiger partial charge on any atom is 0.119 e. The van der Waals surface area contributed by atoms with E-state index in [-0.39, 0.29) is 0 Å². The summed E-state index contributed by atoms with van der Waals surface area (Å²) in [6, 6.07) is 9.02. The molecular formula is C29H50O2. The molecular weight excluding hydrogens is 380 g/mol. The van der Waals surface area contributed by atoms with Crippen LogP contribution >= 0.6 is 0 Å². The molecule has 0 aliphatic heterocycles. The van der Waals surface area contributed by atoms with E-state index in [0.29, 0.717) is 6.61 Å². The van der Waals surface area contributed by atoms with Crippen LogP contribution in [0, 0.1) is 5.92 Å². The van der Waals surface area contributed by atoms with Crippen molar-refractivity contribution in [3.05, 3.63) is 29.8 Å². The average Bonchev–Trinajstić information content (AvgIpc) is 2.81. The van der Waals surface area contributed by atoms with Crippen LogP contribution < -0.4 is 4.74 Å². The number of ether oxygens (including phenoxy) is 1. The van der Waals surface area contributed by atoms with E-state index in [0.717, 1.165) is 30.6 Å². The topological polar surface area (TPSA) is 29.5 Å². The molecule has 0 amide bonds. The van der Waals surface area contributed by atoms with E-state index in [4.69, 9.17) is 9.84 Å². The third-order valence-corrected chi connectivity index (χ3v) is 7.24. The van der Waals surface area contributed by atoms with Crippen LogP contribution in [0.3, 0.4) is 0 Å². The molecule has 0 radical (unpaired) electrons. The Morgan fingerprint density at radius 3 is 1.87 bits per heavy atom. The van der Waals surface area contributed by atoms with Gasteiger partial charge in [-0.05, 0) is 68.1 Å². The standard InChI is InChI=1S/C29H50O2/c1-2-3-12-15-26-16-18-27(19-17-26)28-20-22-29(23-21-28)31-25-14-11-9-7-5-4-6-8-10-13-24-30/h20-23,26-27,30H,2-19,24-25H2,1H3. The highest BCUT2D eigenvalue weighted by atomic mass is 16.5. The predicted molar refractivity (Wildman–Crippen MR) is 134 cm³/mol. The zero-order chi connectivity index (χ0) is 22.0. The number of hydrogen-bond donors (Lipinski definition) is 1. The first kappa shape index (κ1) is 26.2. The first-order valence-corrected chi connectivity index (χ1v) is 13.7. The van der Waals surface area contributed by atoms with E-state index < -0.39 is 0 Å². The Hall–Kier alpha value is -1.02. The molecule has 2 rings (SSSR count). The normalized spacial score (nSPS) is 18.9. The van der Waals surface area contributed by atoms with Gasteiger partial charge in [0.1, 0.15) is 5.75 Å². The lowest BCUT2D eigenvalue weighted by Crippen LogP contribution is -2.13. The molecule has 2 heteroatoms. The Balaban J connectivity index is 1.47. The van der Waals surface area contributed by atoms with Gasteiger partial charge in [0.05, 0.1) is 6.61 Å². The maximum absolute atomic E-state index is 8.77.